The molecule has 1 N–H and O–H groups in total. The predicted molar refractivity (Wildman–Crippen MR) is 107 cm³/mol. The highest BCUT2D eigenvalue weighted by Gasteiger charge is 2.27. The van der Waals surface area contributed by atoms with Gasteiger partial charge in [-0.2, -0.15) is 0 Å². The number of hydrogen-bond acceptors (Lipinski definition) is 6. The summed E-state index contributed by atoms with van der Waals surface area (Å²) in [5.41, 5.74) is 0.448. The van der Waals surface area contributed by atoms with Crippen molar-refractivity contribution in [2.24, 2.45) is 0 Å². The van der Waals surface area contributed by atoms with Crippen LogP contribution in [0.2, 0.25) is 0 Å². The Balaban J connectivity index is 2.34. The van der Waals surface area contributed by atoms with Gasteiger partial charge in [0.15, 0.2) is 4.90 Å². The molecule has 0 aliphatic heterocycles. The maximum Gasteiger partial charge on any atom is 0.289 e. The van der Waals surface area contributed by atoms with E-state index in [1.54, 1.807) is 7.11 Å². The number of nitrogens with zero attached hydrogens (tertiary/aromatic N) is 2. The van der Waals surface area contributed by atoms with Crippen LogP contribution in [0.15, 0.2) is 53.4 Å². The van der Waals surface area contributed by atoms with Crippen LogP contribution in [0, 0.1) is 10.1 Å². The Bertz CT molecular complexity index is 913. The maximum atomic E-state index is 12.8. The van der Waals surface area contributed by atoms with Crippen LogP contribution in [-0.2, 0) is 10.0 Å². The van der Waals surface area contributed by atoms with E-state index in [0.717, 1.165) is 5.56 Å². The molecule has 152 valence electrons. The normalized spacial score (nSPS) is 12.7. The number of nitro benzene ring substituents is 1. The Morgan fingerprint density at radius 3 is 2.43 bits per heavy atom. The maximum absolute atomic E-state index is 12.8. The van der Waals surface area contributed by atoms with Crippen LogP contribution in [-0.4, -0.2) is 45.0 Å². The number of para-hydroxylation sites is 1. The van der Waals surface area contributed by atoms with Gasteiger partial charge in [-0.3, -0.25) is 15.0 Å². The zero-order valence-electron chi connectivity index (χ0n) is 16.2. The highest BCUT2D eigenvalue weighted by Crippen LogP contribution is 2.26. The highest BCUT2D eigenvalue weighted by molar-refractivity contribution is 7.89. The van der Waals surface area contributed by atoms with Crippen LogP contribution in [0.25, 0.3) is 0 Å². The molecule has 0 aromatic heterocycles. The number of ether oxygens (including phenoxy) is 1. The SMILES string of the molecule is CCN(CC)C(CNS(=O)(=O)c1ccccc1[N+](=O)[O-])c1cccc(OC)c1. The van der Waals surface area contributed by atoms with Crippen molar-refractivity contribution in [3.63, 3.8) is 0 Å². The Morgan fingerprint density at radius 2 is 1.82 bits per heavy atom. The first-order valence-corrected chi connectivity index (χ1v) is 10.4. The Kier molecular flexibility index (Phi) is 7.50. The van der Waals surface area contributed by atoms with Crippen LogP contribution in [0.5, 0.6) is 5.75 Å². The molecular weight excluding hydrogens is 382 g/mol. The molecule has 0 heterocycles. The summed E-state index contributed by atoms with van der Waals surface area (Å²) < 4.78 is 33.3. The summed E-state index contributed by atoms with van der Waals surface area (Å²) in [7, 11) is -2.48. The number of benzene rings is 2. The molecule has 8 nitrogen and oxygen atoms in total. The number of methoxy groups -OCH3 is 1. The third kappa shape index (κ3) is 5.06. The van der Waals surface area contributed by atoms with E-state index in [1.807, 2.05) is 38.1 Å². The van der Waals surface area contributed by atoms with Gasteiger partial charge < -0.3 is 4.74 Å². The molecule has 1 unspecified atom stereocenters. The summed E-state index contributed by atoms with van der Waals surface area (Å²) >= 11 is 0. The topological polar surface area (TPSA) is 102 Å². The zero-order chi connectivity index (χ0) is 20.7. The van der Waals surface area contributed by atoms with Gasteiger partial charge in [0.2, 0.25) is 10.0 Å². The largest absolute Gasteiger partial charge is 0.497 e. The number of rotatable bonds is 10. The predicted octanol–water partition coefficient (Wildman–Crippen LogP) is 2.96. The summed E-state index contributed by atoms with van der Waals surface area (Å²) in [6.07, 6.45) is 0. The third-order valence-corrected chi connectivity index (χ3v) is 6.02. The number of likely N-dealkylation sites (N-methyl/N-ethyl adjacent to an activating group) is 1. The van der Waals surface area contributed by atoms with E-state index in [1.165, 1.54) is 24.3 Å². The minimum atomic E-state index is -4.05. The lowest BCUT2D eigenvalue weighted by atomic mass is 10.0. The van der Waals surface area contributed by atoms with Crippen LogP contribution < -0.4 is 9.46 Å². The van der Waals surface area contributed by atoms with Crippen LogP contribution in [0.4, 0.5) is 5.69 Å². The summed E-state index contributed by atoms with van der Waals surface area (Å²) in [5, 5.41) is 11.2. The number of nitrogens with one attached hydrogen (secondary N) is 1. The Labute approximate surface area is 165 Å². The van der Waals surface area contributed by atoms with Crippen molar-refractivity contribution in [1.82, 2.24) is 9.62 Å². The van der Waals surface area contributed by atoms with E-state index in [-0.39, 0.29) is 17.5 Å². The average Bonchev–Trinajstić information content (AvgIpc) is 2.71. The van der Waals surface area contributed by atoms with Gasteiger partial charge >= 0.3 is 0 Å². The van der Waals surface area contributed by atoms with Crippen molar-refractivity contribution >= 4 is 15.7 Å². The number of sulfonamides is 1. The second-order valence-electron chi connectivity index (χ2n) is 6.09. The van der Waals surface area contributed by atoms with E-state index in [0.29, 0.717) is 18.8 Å². The lowest BCUT2D eigenvalue weighted by Gasteiger charge is -2.30. The molecule has 0 fully saturated rings. The summed E-state index contributed by atoms with van der Waals surface area (Å²) in [6, 6.07) is 12.5. The molecule has 0 bridgehead atoms. The second kappa shape index (κ2) is 9.63. The minimum Gasteiger partial charge on any atom is -0.497 e. The molecule has 1 atom stereocenters. The molecule has 0 aliphatic carbocycles. The molecule has 2 aromatic carbocycles. The Morgan fingerprint density at radius 1 is 1.14 bits per heavy atom. The molecule has 2 rings (SSSR count). The molecule has 2 aromatic rings. The van der Waals surface area contributed by atoms with E-state index in [2.05, 4.69) is 9.62 Å². The standard InChI is InChI=1S/C19H25N3O5S/c1-4-21(5-2)18(15-9-8-10-16(13-15)27-3)14-20-28(25,26)19-12-7-6-11-17(19)22(23)24/h6-13,18,20H,4-5,14H2,1-3H3. The van der Waals surface area contributed by atoms with Gasteiger partial charge in [0.25, 0.3) is 5.69 Å². The van der Waals surface area contributed by atoms with E-state index in [4.69, 9.17) is 4.74 Å². The smallest absolute Gasteiger partial charge is 0.289 e. The molecule has 9 heteroatoms. The molecule has 28 heavy (non-hydrogen) atoms. The molecule has 0 saturated carbocycles. The minimum absolute atomic E-state index is 0.0726. The molecule has 0 amide bonds. The molecular formula is C19H25N3O5S. The molecule has 0 saturated heterocycles. The fourth-order valence-corrected chi connectivity index (χ4v) is 4.28. The summed E-state index contributed by atoms with van der Waals surface area (Å²) in [4.78, 5) is 12.3. The Hall–Kier alpha value is -2.49. The van der Waals surface area contributed by atoms with Crippen molar-refractivity contribution in [3.8, 4) is 5.75 Å². The first kappa shape index (κ1) is 21.8. The van der Waals surface area contributed by atoms with Crippen LogP contribution >= 0.6 is 0 Å². The van der Waals surface area contributed by atoms with E-state index in [9.17, 15) is 18.5 Å². The van der Waals surface area contributed by atoms with Gasteiger partial charge in [-0.05, 0) is 36.9 Å². The van der Waals surface area contributed by atoms with E-state index >= 15 is 0 Å². The van der Waals surface area contributed by atoms with Crippen molar-refractivity contribution in [1.29, 1.82) is 0 Å². The van der Waals surface area contributed by atoms with Crippen molar-refractivity contribution in [2.75, 3.05) is 26.7 Å². The number of nitro groups is 1. The lowest BCUT2D eigenvalue weighted by Crippen LogP contribution is -2.38. The second-order valence-corrected chi connectivity index (χ2v) is 7.83. The van der Waals surface area contributed by atoms with Crippen molar-refractivity contribution in [2.45, 2.75) is 24.8 Å². The van der Waals surface area contributed by atoms with Crippen molar-refractivity contribution < 1.29 is 18.1 Å². The van der Waals surface area contributed by atoms with Gasteiger partial charge in [-0.1, -0.05) is 38.1 Å². The highest BCUT2D eigenvalue weighted by atomic mass is 32.2. The molecule has 0 radical (unpaired) electrons. The third-order valence-electron chi connectivity index (χ3n) is 4.55. The zero-order valence-corrected chi connectivity index (χ0v) is 17.0. The monoisotopic (exact) mass is 407 g/mol. The van der Waals surface area contributed by atoms with Gasteiger partial charge in [0.05, 0.1) is 12.0 Å². The lowest BCUT2D eigenvalue weighted by molar-refractivity contribution is -0.387. The average molecular weight is 407 g/mol. The molecule has 0 aliphatic rings. The van der Waals surface area contributed by atoms with Gasteiger partial charge in [-0.15, -0.1) is 0 Å². The summed E-state index contributed by atoms with van der Waals surface area (Å²) in [5.74, 6) is 0.677. The first-order chi connectivity index (χ1) is 13.3. The van der Waals surface area contributed by atoms with E-state index < -0.39 is 20.6 Å². The summed E-state index contributed by atoms with van der Waals surface area (Å²) in [6.45, 7) is 5.49. The number of hydrogen-bond donors (Lipinski definition) is 1. The van der Waals surface area contributed by atoms with Crippen LogP contribution in [0.1, 0.15) is 25.5 Å². The van der Waals surface area contributed by atoms with Gasteiger partial charge in [0, 0.05) is 18.7 Å². The van der Waals surface area contributed by atoms with Gasteiger partial charge in [0.1, 0.15) is 5.75 Å². The van der Waals surface area contributed by atoms with Crippen molar-refractivity contribution in [3.05, 3.63) is 64.2 Å². The fourth-order valence-electron chi connectivity index (χ4n) is 3.07. The fraction of sp³-hybridized carbons (Fsp3) is 0.368. The first-order valence-electron chi connectivity index (χ1n) is 8.95. The molecule has 0 spiro atoms. The quantitative estimate of drug-likeness (QED) is 0.480. The van der Waals surface area contributed by atoms with Crippen LogP contribution in [0.3, 0.4) is 0 Å². The van der Waals surface area contributed by atoms with Gasteiger partial charge in [-0.25, -0.2) is 13.1 Å².